The monoisotopic (exact) mass is 238 g/mol. The Balaban J connectivity index is 2.18. The number of nitrogen functional groups attached to an aromatic ring is 1. The normalized spacial score (nSPS) is 23.6. The quantitative estimate of drug-likeness (QED) is 0.772. The molecule has 3 N–H and O–H groups in total. The van der Waals surface area contributed by atoms with Crippen LogP contribution in [0.1, 0.15) is 24.5 Å². The van der Waals surface area contributed by atoms with Crippen molar-refractivity contribution in [3.05, 3.63) is 29.6 Å². The van der Waals surface area contributed by atoms with E-state index in [2.05, 4.69) is 4.90 Å². The molecule has 3 nitrogen and oxygen atoms in total. The Morgan fingerprint density at radius 3 is 3.00 bits per heavy atom. The SMILES string of the molecule is CN1CCCC(C(O)c2cc(F)ccc2N)C1. The van der Waals surface area contributed by atoms with Crippen molar-refractivity contribution >= 4 is 5.69 Å². The molecular formula is C13H19FN2O. The number of nitrogens with two attached hydrogens (primary N) is 1. The standard InChI is InChI=1S/C13H19FN2O/c1-16-6-2-3-9(8-16)13(17)11-7-10(14)4-5-12(11)15/h4-5,7,9,13,17H,2-3,6,8,15H2,1H3. The minimum atomic E-state index is -0.673. The van der Waals surface area contributed by atoms with E-state index in [1.165, 1.54) is 18.2 Å². The maximum Gasteiger partial charge on any atom is 0.123 e. The lowest BCUT2D eigenvalue weighted by Gasteiger charge is -2.33. The summed E-state index contributed by atoms with van der Waals surface area (Å²) in [5, 5.41) is 10.3. The Bertz CT molecular complexity index is 397. The van der Waals surface area contributed by atoms with Gasteiger partial charge in [0.1, 0.15) is 5.82 Å². The maximum absolute atomic E-state index is 13.2. The molecule has 2 rings (SSSR count). The molecular weight excluding hydrogens is 219 g/mol. The molecule has 0 spiro atoms. The molecule has 0 aliphatic carbocycles. The Morgan fingerprint density at radius 2 is 2.29 bits per heavy atom. The van der Waals surface area contributed by atoms with E-state index in [9.17, 15) is 9.50 Å². The zero-order valence-electron chi connectivity index (χ0n) is 10.1. The zero-order chi connectivity index (χ0) is 12.4. The molecule has 0 bridgehead atoms. The van der Waals surface area contributed by atoms with E-state index >= 15 is 0 Å². The summed E-state index contributed by atoms with van der Waals surface area (Å²) in [5.41, 5.74) is 6.78. The van der Waals surface area contributed by atoms with E-state index in [1.807, 2.05) is 7.05 Å². The number of benzene rings is 1. The van der Waals surface area contributed by atoms with Crippen LogP contribution in [0.3, 0.4) is 0 Å². The van der Waals surface area contributed by atoms with Gasteiger partial charge in [0.2, 0.25) is 0 Å². The summed E-state index contributed by atoms with van der Waals surface area (Å²) in [7, 11) is 2.04. The maximum atomic E-state index is 13.2. The van der Waals surface area contributed by atoms with Gasteiger partial charge in [0.25, 0.3) is 0 Å². The summed E-state index contributed by atoms with van der Waals surface area (Å²) >= 11 is 0. The van der Waals surface area contributed by atoms with Gasteiger partial charge in [0.15, 0.2) is 0 Å². The number of piperidine rings is 1. The minimum Gasteiger partial charge on any atom is -0.398 e. The molecule has 4 heteroatoms. The molecule has 2 unspecified atom stereocenters. The number of nitrogens with zero attached hydrogens (tertiary/aromatic N) is 1. The van der Waals surface area contributed by atoms with Gasteiger partial charge in [-0.2, -0.15) is 0 Å². The van der Waals surface area contributed by atoms with E-state index < -0.39 is 6.10 Å². The second-order valence-corrected chi connectivity index (χ2v) is 4.88. The number of hydrogen-bond acceptors (Lipinski definition) is 3. The van der Waals surface area contributed by atoms with Crippen molar-refractivity contribution in [1.82, 2.24) is 4.90 Å². The third-order valence-corrected chi connectivity index (χ3v) is 3.47. The van der Waals surface area contributed by atoms with Crippen molar-refractivity contribution in [3.63, 3.8) is 0 Å². The van der Waals surface area contributed by atoms with Gasteiger partial charge in [-0.3, -0.25) is 0 Å². The average molecular weight is 238 g/mol. The van der Waals surface area contributed by atoms with Gasteiger partial charge >= 0.3 is 0 Å². The summed E-state index contributed by atoms with van der Waals surface area (Å²) < 4.78 is 13.2. The smallest absolute Gasteiger partial charge is 0.123 e. The van der Waals surface area contributed by atoms with E-state index in [0.29, 0.717) is 11.3 Å². The van der Waals surface area contributed by atoms with Crippen molar-refractivity contribution in [3.8, 4) is 0 Å². The highest BCUT2D eigenvalue weighted by atomic mass is 19.1. The van der Waals surface area contributed by atoms with Crippen LogP contribution < -0.4 is 5.73 Å². The molecule has 94 valence electrons. The highest BCUT2D eigenvalue weighted by Crippen LogP contribution is 2.32. The number of halogens is 1. The molecule has 0 radical (unpaired) electrons. The predicted molar refractivity (Wildman–Crippen MR) is 66.0 cm³/mol. The molecule has 17 heavy (non-hydrogen) atoms. The Hall–Kier alpha value is -1.13. The summed E-state index contributed by atoms with van der Waals surface area (Å²) in [5.74, 6) is -0.213. The highest BCUT2D eigenvalue weighted by molar-refractivity contribution is 5.48. The number of hydrogen-bond donors (Lipinski definition) is 2. The number of aliphatic hydroxyl groups is 1. The third-order valence-electron chi connectivity index (χ3n) is 3.47. The van der Waals surface area contributed by atoms with Crippen LogP contribution in [0.25, 0.3) is 0 Å². The van der Waals surface area contributed by atoms with Crippen LogP contribution in [0.15, 0.2) is 18.2 Å². The summed E-state index contributed by atoms with van der Waals surface area (Å²) in [6.45, 7) is 1.89. The highest BCUT2D eigenvalue weighted by Gasteiger charge is 2.26. The van der Waals surface area contributed by atoms with Crippen molar-refractivity contribution in [1.29, 1.82) is 0 Å². The third kappa shape index (κ3) is 2.76. The Labute approximate surface area is 101 Å². The zero-order valence-corrected chi connectivity index (χ0v) is 10.1. The molecule has 1 aromatic carbocycles. The van der Waals surface area contributed by atoms with Gasteiger partial charge in [0, 0.05) is 23.7 Å². The van der Waals surface area contributed by atoms with Crippen molar-refractivity contribution in [2.75, 3.05) is 25.9 Å². The van der Waals surface area contributed by atoms with Gasteiger partial charge in [-0.15, -0.1) is 0 Å². The number of rotatable bonds is 2. The first kappa shape index (κ1) is 12.3. The topological polar surface area (TPSA) is 49.5 Å². The lowest BCUT2D eigenvalue weighted by Crippen LogP contribution is -2.35. The van der Waals surface area contributed by atoms with E-state index in [0.717, 1.165) is 25.9 Å². The summed E-state index contributed by atoms with van der Waals surface area (Å²) in [6.07, 6.45) is 1.35. The van der Waals surface area contributed by atoms with Crippen LogP contribution in [0, 0.1) is 11.7 Å². The van der Waals surface area contributed by atoms with Gasteiger partial charge in [-0.25, -0.2) is 4.39 Å². The fourth-order valence-corrected chi connectivity index (χ4v) is 2.52. The molecule has 1 saturated heterocycles. The van der Waals surface area contributed by atoms with Crippen LogP contribution in [-0.4, -0.2) is 30.1 Å². The van der Waals surface area contributed by atoms with Gasteiger partial charge < -0.3 is 15.7 Å². The van der Waals surface area contributed by atoms with E-state index in [-0.39, 0.29) is 11.7 Å². The van der Waals surface area contributed by atoms with E-state index in [4.69, 9.17) is 5.73 Å². The molecule has 0 saturated carbocycles. The minimum absolute atomic E-state index is 0.137. The number of anilines is 1. The van der Waals surface area contributed by atoms with Crippen LogP contribution in [-0.2, 0) is 0 Å². The molecule has 1 aliphatic rings. The fraction of sp³-hybridized carbons (Fsp3) is 0.538. The Morgan fingerprint density at radius 1 is 1.53 bits per heavy atom. The van der Waals surface area contributed by atoms with Gasteiger partial charge in [-0.05, 0) is 44.6 Å². The Kier molecular flexibility index (Phi) is 3.64. The number of aliphatic hydroxyl groups excluding tert-OH is 1. The lowest BCUT2D eigenvalue weighted by atomic mass is 9.88. The van der Waals surface area contributed by atoms with Crippen LogP contribution >= 0.6 is 0 Å². The molecule has 0 amide bonds. The van der Waals surface area contributed by atoms with Crippen molar-refractivity contribution < 1.29 is 9.50 Å². The lowest BCUT2D eigenvalue weighted by molar-refractivity contribution is 0.0595. The van der Waals surface area contributed by atoms with Gasteiger partial charge in [0.05, 0.1) is 6.10 Å². The van der Waals surface area contributed by atoms with E-state index in [1.54, 1.807) is 0 Å². The first-order valence-electron chi connectivity index (χ1n) is 5.99. The first-order valence-corrected chi connectivity index (χ1v) is 5.99. The van der Waals surface area contributed by atoms with Crippen LogP contribution in [0.5, 0.6) is 0 Å². The molecule has 1 aliphatic heterocycles. The second-order valence-electron chi connectivity index (χ2n) is 4.88. The summed E-state index contributed by atoms with van der Waals surface area (Å²) in [4.78, 5) is 2.19. The average Bonchev–Trinajstić information content (AvgIpc) is 2.31. The number of likely N-dealkylation sites (tertiary alicyclic amines) is 1. The summed E-state index contributed by atoms with van der Waals surface area (Å²) in [6, 6.07) is 4.17. The molecule has 1 heterocycles. The molecule has 1 fully saturated rings. The van der Waals surface area contributed by atoms with Crippen molar-refractivity contribution in [2.24, 2.45) is 5.92 Å². The van der Waals surface area contributed by atoms with Crippen LogP contribution in [0.4, 0.5) is 10.1 Å². The molecule has 2 atom stereocenters. The largest absolute Gasteiger partial charge is 0.398 e. The van der Waals surface area contributed by atoms with Crippen LogP contribution in [0.2, 0.25) is 0 Å². The van der Waals surface area contributed by atoms with Crippen molar-refractivity contribution in [2.45, 2.75) is 18.9 Å². The molecule has 1 aromatic rings. The second kappa shape index (κ2) is 5.02. The van der Waals surface area contributed by atoms with Gasteiger partial charge in [-0.1, -0.05) is 0 Å². The molecule has 0 aromatic heterocycles. The predicted octanol–water partition coefficient (Wildman–Crippen LogP) is 1.78. The fourth-order valence-electron chi connectivity index (χ4n) is 2.52. The first-order chi connectivity index (χ1) is 8.08.